The zero-order chi connectivity index (χ0) is 26.2. The molecular weight excluding hydrogens is 470 g/mol. The molecule has 3 aromatic carbocycles. The van der Waals surface area contributed by atoms with Gasteiger partial charge in [0.15, 0.2) is 0 Å². The number of amides is 2. The van der Waals surface area contributed by atoms with E-state index in [1.54, 1.807) is 24.3 Å². The van der Waals surface area contributed by atoms with Crippen molar-refractivity contribution in [3.63, 3.8) is 0 Å². The van der Waals surface area contributed by atoms with Crippen molar-refractivity contribution in [3.05, 3.63) is 94.5 Å². The Labute approximate surface area is 220 Å². The van der Waals surface area contributed by atoms with Crippen molar-refractivity contribution < 1.29 is 9.59 Å². The van der Waals surface area contributed by atoms with Gasteiger partial charge in [0.1, 0.15) is 0 Å². The molecule has 0 saturated carbocycles. The maximum absolute atomic E-state index is 13.8. The quantitative estimate of drug-likeness (QED) is 0.328. The Hall–Kier alpha value is -3.31. The number of benzene rings is 3. The van der Waals surface area contributed by atoms with Crippen LogP contribution in [0.3, 0.4) is 0 Å². The van der Waals surface area contributed by atoms with Crippen LogP contribution in [0, 0.1) is 5.92 Å². The van der Waals surface area contributed by atoms with E-state index in [2.05, 4.69) is 26.1 Å². The van der Waals surface area contributed by atoms with E-state index in [-0.39, 0.29) is 17.7 Å². The van der Waals surface area contributed by atoms with Gasteiger partial charge in [0.05, 0.1) is 16.5 Å². The summed E-state index contributed by atoms with van der Waals surface area (Å²) < 4.78 is 0. The van der Waals surface area contributed by atoms with Crippen molar-refractivity contribution in [1.29, 1.82) is 0 Å². The molecule has 0 aliphatic carbocycles. The largest absolute Gasteiger partial charge is 0.377 e. The van der Waals surface area contributed by atoms with Crippen LogP contribution in [0.15, 0.2) is 72.8 Å². The van der Waals surface area contributed by atoms with E-state index in [1.165, 1.54) is 0 Å². The second-order valence-corrected chi connectivity index (χ2v) is 10.1. The maximum atomic E-state index is 13.8. The first kappa shape index (κ1) is 27.3. The van der Waals surface area contributed by atoms with Gasteiger partial charge in [-0.15, -0.1) is 0 Å². The summed E-state index contributed by atoms with van der Waals surface area (Å²) in [5.74, 6) is -0.0361. The van der Waals surface area contributed by atoms with Gasteiger partial charge in [0, 0.05) is 38.6 Å². The van der Waals surface area contributed by atoms with Crippen molar-refractivity contribution in [1.82, 2.24) is 4.90 Å². The molecule has 0 spiro atoms. The van der Waals surface area contributed by atoms with Crippen molar-refractivity contribution in [2.24, 2.45) is 5.92 Å². The van der Waals surface area contributed by atoms with Crippen LogP contribution in [0.2, 0.25) is 5.02 Å². The summed E-state index contributed by atoms with van der Waals surface area (Å²) in [6.07, 6.45) is 0.728. The molecule has 2 amide bonds. The molecule has 0 fully saturated rings. The maximum Gasteiger partial charge on any atom is 0.257 e. The SMILES string of the molecule is CC[C@H](C(=O)N(Cc1cc(NC(=O)c2ccccc2Cl)ccc1N(C)C)CC(C)C)c1ccccc1. The minimum absolute atomic E-state index is 0.118. The minimum atomic E-state index is -0.269. The molecular formula is C30H36ClN3O2. The molecule has 1 atom stereocenters. The third kappa shape index (κ3) is 6.88. The summed E-state index contributed by atoms with van der Waals surface area (Å²) in [5.41, 5.74) is 4.08. The van der Waals surface area contributed by atoms with Crippen LogP contribution in [0.5, 0.6) is 0 Å². The van der Waals surface area contributed by atoms with Gasteiger partial charge in [-0.2, -0.15) is 0 Å². The normalized spacial score (nSPS) is 11.8. The van der Waals surface area contributed by atoms with Gasteiger partial charge in [-0.05, 0) is 53.8 Å². The lowest BCUT2D eigenvalue weighted by Gasteiger charge is -2.30. The molecule has 0 saturated heterocycles. The van der Waals surface area contributed by atoms with E-state index in [1.807, 2.05) is 72.4 Å². The number of nitrogens with zero attached hydrogens (tertiary/aromatic N) is 2. The molecule has 1 N–H and O–H groups in total. The standard InChI is InChI=1S/C30H36ClN3O2/c1-6-25(22-12-8-7-9-13-22)30(36)34(19-21(2)3)20-23-18-24(16-17-28(23)33(4)5)32-29(35)26-14-10-11-15-27(26)31/h7-18,21,25H,6,19-20H2,1-5H3,(H,32,35)/t25-/m0/s1. The summed E-state index contributed by atoms with van der Waals surface area (Å²) in [7, 11) is 3.96. The molecule has 190 valence electrons. The number of halogens is 1. The molecule has 0 aliphatic rings. The zero-order valence-electron chi connectivity index (χ0n) is 21.8. The monoisotopic (exact) mass is 505 g/mol. The van der Waals surface area contributed by atoms with Crippen LogP contribution in [0.4, 0.5) is 11.4 Å². The summed E-state index contributed by atoms with van der Waals surface area (Å²) in [6.45, 7) is 7.39. The first-order valence-corrected chi connectivity index (χ1v) is 12.8. The molecule has 0 bridgehead atoms. The number of carbonyl (C=O) groups is 2. The predicted octanol–water partition coefficient (Wildman–Crippen LogP) is 6.84. The van der Waals surface area contributed by atoms with Crippen molar-refractivity contribution in [3.8, 4) is 0 Å². The lowest BCUT2D eigenvalue weighted by Crippen LogP contribution is -2.37. The molecule has 0 heterocycles. The first-order chi connectivity index (χ1) is 17.2. The third-order valence-electron chi connectivity index (χ3n) is 6.10. The number of hydrogen-bond acceptors (Lipinski definition) is 3. The van der Waals surface area contributed by atoms with Crippen LogP contribution in [0.25, 0.3) is 0 Å². The number of rotatable bonds is 10. The van der Waals surface area contributed by atoms with Gasteiger partial charge in [-0.1, -0.05) is 74.8 Å². The topological polar surface area (TPSA) is 52.7 Å². The van der Waals surface area contributed by atoms with Crippen LogP contribution < -0.4 is 10.2 Å². The number of nitrogens with one attached hydrogen (secondary N) is 1. The number of hydrogen-bond donors (Lipinski definition) is 1. The Morgan fingerprint density at radius 1 is 0.944 bits per heavy atom. The van der Waals surface area contributed by atoms with Gasteiger partial charge in [0.2, 0.25) is 5.91 Å². The zero-order valence-corrected chi connectivity index (χ0v) is 22.5. The Morgan fingerprint density at radius 3 is 2.22 bits per heavy atom. The van der Waals surface area contributed by atoms with E-state index in [4.69, 9.17) is 11.6 Å². The van der Waals surface area contributed by atoms with E-state index < -0.39 is 0 Å². The first-order valence-electron chi connectivity index (χ1n) is 12.4. The Bertz CT molecular complexity index is 1180. The van der Waals surface area contributed by atoms with Gasteiger partial charge in [-0.3, -0.25) is 9.59 Å². The molecule has 0 unspecified atom stereocenters. The van der Waals surface area contributed by atoms with Gasteiger partial charge in [-0.25, -0.2) is 0 Å². The minimum Gasteiger partial charge on any atom is -0.377 e. The average Bonchev–Trinajstić information content (AvgIpc) is 2.84. The van der Waals surface area contributed by atoms with Crippen LogP contribution in [-0.4, -0.2) is 37.4 Å². The molecule has 6 heteroatoms. The van der Waals surface area contributed by atoms with Crippen LogP contribution in [0.1, 0.15) is 54.6 Å². The van der Waals surface area contributed by atoms with E-state index in [9.17, 15) is 9.59 Å². The van der Waals surface area contributed by atoms with Gasteiger partial charge < -0.3 is 15.1 Å². The number of carbonyl (C=O) groups excluding carboxylic acids is 2. The van der Waals surface area contributed by atoms with Crippen molar-refractivity contribution in [2.75, 3.05) is 30.9 Å². The fraction of sp³-hybridized carbons (Fsp3) is 0.333. The number of anilines is 2. The van der Waals surface area contributed by atoms with Gasteiger partial charge in [0.25, 0.3) is 5.91 Å². The molecule has 0 aliphatic heterocycles. The summed E-state index contributed by atoms with van der Waals surface area (Å²) in [6, 6.07) is 22.8. The fourth-order valence-corrected chi connectivity index (χ4v) is 4.63. The van der Waals surface area contributed by atoms with Gasteiger partial charge >= 0.3 is 0 Å². The van der Waals surface area contributed by atoms with Crippen molar-refractivity contribution in [2.45, 2.75) is 39.7 Å². The smallest absolute Gasteiger partial charge is 0.257 e. The van der Waals surface area contributed by atoms with E-state index >= 15 is 0 Å². The Balaban J connectivity index is 1.92. The lowest BCUT2D eigenvalue weighted by molar-refractivity contribution is -0.134. The fourth-order valence-electron chi connectivity index (χ4n) is 4.41. The molecule has 3 aromatic rings. The second kappa shape index (κ2) is 12.6. The summed E-state index contributed by atoms with van der Waals surface area (Å²) >= 11 is 6.22. The van der Waals surface area contributed by atoms with Crippen LogP contribution >= 0.6 is 11.6 Å². The van der Waals surface area contributed by atoms with E-state index in [0.717, 1.165) is 23.2 Å². The molecule has 36 heavy (non-hydrogen) atoms. The molecule has 0 aromatic heterocycles. The Kier molecular flexibility index (Phi) is 9.54. The lowest BCUT2D eigenvalue weighted by atomic mass is 9.94. The summed E-state index contributed by atoms with van der Waals surface area (Å²) in [4.78, 5) is 30.6. The highest BCUT2D eigenvalue weighted by atomic mass is 35.5. The van der Waals surface area contributed by atoms with Crippen LogP contribution in [-0.2, 0) is 11.3 Å². The molecule has 0 radical (unpaired) electrons. The highest BCUT2D eigenvalue weighted by molar-refractivity contribution is 6.34. The third-order valence-corrected chi connectivity index (χ3v) is 6.43. The summed E-state index contributed by atoms with van der Waals surface area (Å²) in [5, 5.41) is 3.37. The predicted molar refractivity (Wildman–Crippen MR) is 150 cm³/mol. The Morgan fingerprint density at radius 2 is 1.61 bits per heavy atom. The highest BCUT2D eigenvalue weighted by Crippen LogP contribution is 2.29. The van der Waals surface area contributed by atoms with E-state index in [0.29, 0.717) is 35.3 Å². The second-order valence-electron chi connectivity index (χ2n) is 9.66. The van der Waals surface area contributed by atoms with Crippen molar-refractivity contribution >= 4 is 34.8 Å². The highest BCUT2D eigenvalue weighted by Gasteiger charge is 2.26. The average molecular weight is 506 g/mol. The molecule has 3 rings (SSSR count). The molecule has 5 nitrogen and oxygen atoms in total.